The zero-order valence-electron chi connectivity index (χ0n) is 12.8. The molecule has 0 aliphatic carbocycles. The van der Waals surface area contributed by atoms with Gasteiger partial charge >= 0.3 is 0 Å². The minimum absolute atomic E-state index is 0.0381. The fourth-order valence-electron chi connectivity index (χ4n) is 2.72. The summed E-state index contributed by atoms with van der Waals surface area (Å²) < 4.78 is 0. The maximum atomic E-state index is 12.6. The van der Waals surface area contributed by atoms with Crippen LogP contribution in [0.2, 0.25) is 0 Å². The van der Waals surface area contributed by atoms with E-state index in [1.54, 1.807) is 35.6 Å². The highest BCUT2D eigenvalue weighted by Crippen LogP contribution is 2.15. The van der Waals surface area contributed by atoms with E-state index < -0.39 is 5.91 Å². The van der Waals surface area contributed by atoms with Gasteiger partial charge in [-0.05, 0) is 29.6 Å². The van der Waals surface area contributed by atoms with Crippen molar-refractivity contribution in [2.75, 3.05) is 26.2 Å². The van der Waals surface area contributed by atoms with Crippen molar-refractivity contribution in [3.63, 3.8) is 0 Å². The Morgan fingerprint density at radius 1 is 1.04 bits per heavy atom. The first-order valence-electron chi connectivity index (χ1n) is 7.57. The number of primary amides is 1. The number of piperazine rings is 1. The van der Waals surface area contributed by atoms with Crippen LogP contribution in [0.5, 0.6) is 0 Å². The zero-order valence-corrected chi connectivity index (χ0v) is 13.6. The smallest absolute Gasteiger partial charge is 0.253 e. The van der Waals surface area contributed by atoms with Crippen molar-refractivity contribution in [2.45, 2.75) is 6.54 Å². The summed E-state index contributed by atoms with van der Waals surface area (Å²) in [5.41, 5.74) is 6.16. The second-order valence-corrected chi connectivity index (χ2v) is 6.63. The van der Waals surface area contributed by atoms with Crippen LogP contribution < -0.4 is 5.73 Å². The van der Waals surface area contributed by atoms with Crippen LogP contribution in [0.15, 0.2) is 41.8 Å². The summed E-state index contributed by atoms with van der Waals surface area (Å²) in [7, 11) is 0. The van der Waals surface area contributed by atoms with Gasteiger partial charge in [0.15, 0.2) is 0 Å². The number of carbonyl (C=O) groups is 2. The minimum Gasteiger partial charge on any atom is -0.366 e. The maximum absolute atomic E-state index is 12.6. The molecule has 0 unspecified atom stereocenters. The van der Waals surface area contributed by atoms with E-state index in [9.17, 15) is 9.59 Å². The van der Waals surface area contributed by atoms with Crippen molar-refractivity contribution >= 4 is 23.2 Å². The van der Waals surface area contributed by atoms with Crippen molar-refractivity contribution in [1.29, 1.82) is 0 Å². The molecule has 2 N–H and O–H groups in total. The summed E-state index contributed by atoms with van der Waals surface area (Å²) in [4.78, 5) is 29.3. The van der Waals surface area contributed by atoms with Gasteiger partial charge in [-0.15, -0.1) is 11.3 Å². The highest BCUT2D eigenvalue weighted by molar-refractivity contribution is 7.09. The lowest BCUT2D eigenvalue weighted by atomic mass is 10.1. The Bertz CT molecular complexity index is 692. The molecule has 1 aromatic carbocycles. The standard InChI is InChI=1S/C17H19N3O2S/c18-16(21)13-3-1-4-14(11-13)17(22)20-8-6-19(7-9-20)12-15-5-2-10-23-15/h1-5,10-11H,6-9,12H2,(H2,18,21). The molecule has 120 valence electrons. The van der Waals surface area contributed by atoms with Crippen molar-refractivity contribution in [3.8, 4) is 0 Å². The molecule has 1 aliphatic rings. The van der Waals surface area contributed by atoms with Crippen LogP contribution in [0.3, 0.4) is 0 Å². The van der Waals surface area contributed by atoms with Crippen LogP contribution in [-0.4, -0.2) is 47.8 Å². The van der Waals surface area contributed by atoms with Crippen LogP contribution in [0.4, 0.5) is 0 Å². The zero-order chi connectivity index (χ0) is 16.2. The molecule has 0 bridgehead atoms. The van der Waals surface area contributed by atoms with Gasteiger partial charge in [-0.1, -0.05) is 12.1 Å². The second-order valence-electron chi connectivity index (χ2n) is 5.59. The van der Waals surface area contributed by atoms with Gasteiger partial charge in [-0.3, -0.25) is 14.5 Å². The first kappa shape index (κ1) is 15.7. The maximum Gasteiger partial charge on any atom is 0.253 e. The number of hydrogen-bond donors (Lipinski definition) is 1. The van der Waals surface area contributed by atoms with Gasteiger partial charge < -0.3 is 10.6 Å². The van der Waals surface area contributed by atoms with Gasteiger partial charge in [0.25, 0.3) is 5.91 Å². The summed E-state index contributed by atoms with van der Waals surface area (Å²) in [6.07, 6.45) is 0. The Morgan fingerprint density at radius 3 is 2.43 bits per heavy atom. The van der Waals surface area contributed by atoms with Gasteiger partial charge in [0.1, 0.15) is 0 Å². The fraction of sp³-hybridized carbons (Fsp3) is 0.294. The summed E-state index contributed by atoms with van der Waals surface area (Å²) >= 11 is 1.76. The fourth-order valence-corrected chi connectivity index (χ4v) is 3.47. The van der Waals surface area contributed by atoms with Gasteiger partial charge in [0, 0.05) is 48.7 Å². The highest BCUT2D eigenvalue weighted by Gasteiger charge is 2.22. The Balaban J connectivity index is 1.60. The van der Waals surface area contributed by atoms with E-state index in [1.807, 2.05) is 4.90 Å². The van der Waals surface area contributed by atoms with Crippen molar-refractivity contribution in [3.05, 3.63) is 57.8 Å². The molecule has 0 atom stereocenters. The summed E-state index contributed by atoms with van der Waals surface area (Å²) in [5.74, 6) is -0.552. The molecular weight excluding hydrogens is 310 g/mol. The third-order valence-electron chi connectivity index (χ3n) is 4.01. The summed E-state index contributed by atoms with van der Waals surface area (Å²) in [5, 5.41) is 2.08. The van der Waals surface area contributed by atoms with E-state index in [1.165, 1.54) is 4.88 Å². The Kier molecular flexibility index (Phi) is 4.73. The average molecular weight is 329 g/mol. The molecule has 5 nitrogen and oxygen atoms in total. The van der Waals surface area contributed by atoms with Gasteiger partial charge in [-0.25, -0.2) is 0 Å². The van der Waals surface area contributed by atoms with Gasteiger partial charge in [0.2, 0.25) is 5.91 Å². The molecule has 1 aromatic heterocycles. The van der Waals surface area contributed by atoms with Crippen molar-refractivity contribution in [2.24, 2.45) is 5.73 Å². The molecule has 1 fully saturated rings. The van der Waals surface area contributed by atoms with Crippen LogP contribution >= 0.6 is 11.3 Å². The number of hydrogen-bond acceptors (Lipinski definition) is 4. The number of nitrogens with two attached hydrogens (primary N) is 1. The Morgan fingerprint density at radius 2 is 1.78 bits per heavy atom. The third kappa shape index (κ3) is 3.78. The molecule has 0 radical (unpaired) electrons. The molecule has 3 rings (SSSR count). The molecule has 2 amide bonds. The Labute approximate surface area is 139 Å². The van der Waals surface area contributed by atoms with E-state index in [0.717, 1.165) is 19.6 Å². The normalized spacial score (nSPS) is 15.6. The lowest BCUT2D eigenvalue weighted by Gasteiger charge is -2.34. The predicted molar refractivity (Wildman–Crippen MR) is 90.5 cm³/mol. The number of rotatable bonds is 4. The summed E-state index contributed by atoms with van der Waals surface area (Å²) in [6, 6.07) is 10.8. The van der Waals surface area contributed by atoms with Crippen LogP contribution in [0, 0.1) is 0 Å². The van der Waals surface area contributed by atoms with Crippen molar-refractivity contribution in [1.82, 2.24) is 9.80 Å². The second kappa shape index (κ2) is 6.93. The van der Waals surface area contributed by atoms with E-state index >= 15 is 0 Å². The number of benzene rings is 1. The number of carbonyl (C=O) groups excluding carboxylic acids is 2. The largest absolute Gasteiger partial charge is 0.366 e. The predicted octanol–water partition coefficient (Wildman–Crippen LogP) is 1.80. The van der Waals surface area contributed by atoms with Crippen molar-refractivity contribution < 1.29 is 9.59 Å². The van der Waals surface area contributed by atoms with Gasteiger partial charge in [0.05, 0.1) is 0 Å². The highest BCUT2D eigenvalue weighted by atomic mass is 32.1. The van der Waals surface area contributed by atoms with E-state index in [0.29, 0.717) is 24.2 Å². The number of amides is 2. The molecule has 2 heterocycles. The first-order valence-corrected chi connectivity index (χ1v) is 8.45. The molecule has 23 heavy (non-hydrogen) atoms. The van der Waals surface area contributed by atoms with E-state index in [4.69, 9.17) is 5.73 Å². The number of thiophene rings is 1. The third-order valence-corrected chi connectivity index (χ3v) is 4.87. The van der Waals surface area contributed by atoms with Gasteiger partial charge in [-0.2, -0.15) is 0 Å². The molecule has 0 saturated carbocycles. The SMILES string of the molecule is NC(=O)c1cccc(C(=O)N2CCN(Cc3cccs3)CC2)c1. The molecule has 6 heteroatoms. The molecular formula is C17H19N3O2S. The lowest BCUT2D eigenvalue weighted by Crippen LogP contribution is -2.48. The monoisotopic (exact) mass is 329 g/mol. The van der Waals surface area contributed by atoms with Crippen LogP contribution in [0.25, 0.3) is 0 Å². The van der Waals surface area contributed by atoms with Crippen LogP contribution in [-0.2, 0) is 6.54 Å². The molecule has 1 saturated heterocycles. The quantitative estimate of drug-likeness (QED) is 0.930. The summed E-state index contributed by atoms with van der Waals surface area (Å²) in [6.45, 7) is 4.06. The lowest BCUT2D eigenvalue weighted by molar-refractivity contribution is 0.0629. The Hall–Kier alpha value is -2.18. The molecule has 1 aliphatic heterocycles. The molecule has 2 aromatic rings. The van der Waals surface area contributed by atoms with Crippen LogP contribution in [0.1, 0.15) is 25.6 Å². The van der Waals surface area contributed by atoms with E-state index in [-0.39, 0.29) is 5.91 Å². The topological polar surface area (TPSA) is 66.6 Å². The first-order chi connectivity index (χ1) is 11.1. The molecule has 0 spiro atoms. The number of nitrogens with zero attached hydrogens (tertiary/aromatic N) is 2. The average Bonchev–Trinajstić information content (AvgIpc) is 3.08. The minimum atomic E-state index is -0.514. The van der Waals surface area contributed by atoms with E-state index in [2.05, 4.69) is 22.4 Å².